The van der Waals surface area contributed by atoms with Crippen LogP contribution < -0.4 is 15.5 Å². The molecule has 3 rings (SSSR count). The minimum atomic E-state index is 0.117. The molecule has 3 heterocycles. The highest BCUT2D eigenvalue weighted by atomic mass is 16.2. The largest absolute Gasteiger partial charge is 0.373 e. The van der Waals surface area contributed by atoms with Crippen molar-refractivity contribution in [3.05, 3.63) is 12.4 Å². The average molecular weight is 247 g/mol. The number of nitrogens with zero attached hydrogens (tertiary/aromatic N) is 3. The maximum Gasteiger partial charge on any atom is 0.225 e. The highest BCUT2D eigenvalue weighted by molar-refractivity contribution is 5.83. The highest BCUT2D eigenvalue weighted by Crippen LogP contribution is 2.30. The molecule has 18 heavy (non-hydrogen) atoms. The van der Waals surface area contributed by atoms with Crippen LogP contribution in [-0.2, 0) is 4.79 Å². The molecule has 2 saturated heterocycles. The van der Waals surface area contributed by atoms with Crippen LogP contribution in [0.3, 0.4) is 0 Å². The van der Waals surface area contributed by atoms with Gasteiger partial charge in [0.2, 0.25) is 5.91 Å². The van der Waals surface area contributed by atoms with E-state index in [2.05, 4.69) is 25.5 Å². The van der Waals surface area contributed by atoms with Crippen LogP contribution in [0.4, 0.5) is 11.6 Å². The Morgan fingerprint density at radius 1 is 1.50 bits per heavy atom. The molecule has 2 aliphatic rings. The van der Waals surface area contributed by atoms with Crippen LogP contribution in [0.15, 0.2) is 12.4 Å². The normalized spacial score (nSPS) is 26.7. The second-order valence-electron chi connectivity index (χ2n) is 4.77. The standard InChI is InChI=1S/C12H17N5O/c1-13-10-5-11(16-7-15-10)17-4-2-3-8-9(17)6-14-12(8)18/h5,7-9H,2-4,6H2,1H3,(H,14,18)(H,13,15,16). The number of amides is 1. The molecular weight excluding hydrogens is 230 g/mol. The first-order chi connectivity index (χ1) is 8.79. The Balaban J connectivity index is 1.88. The molecule has 2 aliphatic heterocycles. The van der Waals surface area contributed by atoms with Crippen LogP contribution >= 0.6 is 0 Å². The predicted octanol–water partition coefficient (Wildman–Crippen LogP) is 0.233. The average Bonchev–Trinajstić information content (AvgIpc) is 2.81. The second-order valence-corrected chi connectivity index (χ2v) is 4.77. The summed E-state index contributed by atoms with van der Waals surface area (Å²) in [4.78, 5) is 22.4. The Hall–Kier alpha value is -1.85. The van der Waals surface area contributed by atoms with E-state index in [0.717, 1.165) is 37.6 Å². The number of anilines is 2. The molecule has 2 N–H and O–H groups in total. The lowest BCUT2D eigenvalue weighted by molar-refractivity contribution is -0.122. The lowest BCUT2D eigenvalue weighted by Crippen LogP contribution is -2.46. The number of piperidine rings is 1. The Bertz CT molecular complexity index is 464. The molecule has 0 aliphatic carbocycles. The predicted molar refractivity (Wildman–Crippen MR) is 68.4 cm³/mol. The molecule has 0 radical (unpaired) electrons. The number of carbonyl (C=O) groups is 1. The monoisotopic (exact) mass is 247 g/mol. The summed E-state index contributed by atoms with van der Waals surface area (Å²) in [6, 6.07) is 2.18. The van der Waals surface area contributed by atoms with E-state index >= 15 is 0 Å². The van der Waals surface area contributed by atoms with Crippen molar-refractivity contribution in [1.82, 2.24) is 15.3 Å². The van der Waals surface area contributed by atoms with Gasteiger partial charge in [-0.2, -0.15) is 0 Å². The zero-order valence-electron chi connectivity index (χ0n) is 10.4. The number of rotatable bonds is 2. The van der Waals surface area contributed by atoms with Crippen LogP contribution in [0.5, 0.6) is 0 Å². The number of hydrogen-bond acceptors (Lipinski definition) is 5. The fourth-order valence-corrected chi connectivity index (χ4v) is 2.88. The zero-order chi connectivity index (χ0) is 12.5. The Morgan fingerprint density at radius 2 is 2.39 bits per heavy atom. The smallest absolute Gasteiger partial charge is 0.225 e. The van der Waals surface area contributed by atoms with Gasteiger partial charge in [0.25, 0.3) is 0 Å². The van der Waals surface area contributed by atoms with Crippen LogP contribution in [0.1, 0.15) is 12.8 Å². The summed E-state index contributed by atoms with van der Waals surface area (Å²) in [7, 11) is 1.84. The molecule has 2 unspecified atom stereocenters. The fraction of sp³-hybridized carbons (Fsp3) is 0.583. The summed E-state index contributed by atoms with van der Waals surface area (Å²) >= 11 is 0. The van der Waals surface area contributed by atoms with E-state index in [0.29, 0.717) is 0 Å². The van der Waals surface area contributed by atoms with Gasteiger partial charge in [-0.3, -0.25) is 4.79 Å². The van der Waals surface area contributed by atoms with Gasteiger partial charge >= 0.3 is 0 Å². The molecule has 6 heteroatoms. The van der Waals surface area contributed by atoms with Crippen LogP contribution in [-0.4, -0.2) is 42.1 Å². The van der Waals surface area contributed by atoms with Crippen LogP contribution in [0, 0.1) is 5.92 Å². The van der Waals surface area contributed by atoms with E-state index < -0.39 is 0 Å². The molecule has 6 nitrogen and oxygen atoms in total. The minimum Gasteiger partial charge on any atom is -0.373 e. The van der Waals surface area contributed by atoms with Crippen molar-refractivity contribution in [2.45, 2.75) is 18.9 Å². The molecule has 1 amide bonds. The molecule has 0 saturated carbocycles. The number of aromatic nitrogens is 2. The van der Waals surface area contributed by atoms with Crippen LogP contribution in [0.2, 0.25) is 0 Å². The van der Waals surface area contributed by atoms with Crippen molar-refractivity contribution < 1.29 is 4.79 Å². The minimum absolute atomic E-state index is 0.117. The van der Waals surface area contributed by atoms with Crippen molar-refractivity contribution >= 4 is 17.5 Å². The summed E-state index contributed by atoms with van der Waals surface area (Å²) in [6.07, 6.45) is 3.58. The van der Waals surface area contributed by atoms with Gasteiger partial charge in [0.15, 0.2) is 0 Å². The Morgan fingerprint density at radius 3 is 3.22 bits per heavy atom. The molecule has 2 atom stereocenters. The summed E-state index contributed by atoms with van der Waals surface area (Å²) in [5.74, 6) is 2.01. The number of carbonyl (C=O) groups excluding carboxylic acids is 1. The van der Waals surface area contributed by atoms with E-state index in [4.69, 9.17) is 0 Å². The zero-order valence-corrected chi connectivity index (χ0v) is 10.4. The summed E-state index contributed by atoms with van der Waals surface area (Å²) < 4.78 is 0. The first kappa shape index (κ1) is 11.3. The maximum atomic E-state index is 11.7. The lowest BCUT2D eigenvalue weighted by atomic mass is 9.91. The number of nitrogens with one attached hydrogen (secondary N) is 2. The third-order valence-corrected chi connectivity index (χ3v) is 3.80. The van der Waals surface area contributed by atoms with E-state index in [1.54, 1.807) is 6.33 Å². The molecule has 0 spiro atoms. The molecule has 96 valence electrons. The van der Waals surface area contributed by atoms with Crippen molar-refractivity contribution in [2.75, 3.05) is 30.4 Å². The molecule has 0 aromatic carbocycles. The first-order valence-electron chi connectivity index (χ1n) is 6.34. The molecular formula is C12H17N5O. The van der Waals surface area contributed by atoms with E-state index in [1.807, 2.05) is 13.1 Å². The van der Waals surface area contributed by atoms with Crippen molar-refractivity contribution in [3.63, 3.8) is 0 Å². The van der Waals surface area contributed by atoms with Crippen molar-refractivity contribution in [3.8, 4) is 0 Å². The van der Waals surface area contributed by atoms with Gasteiger partial charge in [-0.05, 0) is 12.8 Å². The number of hydrogen-bond donors (Lipinski definition) is 2. The van der Waals surface area contributed by atoms with Gasteiger partial charge < -0.3 is 15.5 Å². The third kappa shape index (κ3) is 1.77. The first-order valence-corrected chi connectivity index (χ1v) is 6.34. The maximum absolute atomic E-state index is 11.7. The molecule has 2 fully saturated rings. The van der Waals surface area contributed by atoms with Gasteiger partial charge in [-0.25, -0.2) is 9.97 Å². The van der Waals surface area contributed by atoms with Gasteiger partial charge in [0.1, 0.15) is 18.0 Å². The lowest BCUT2D eigenvalue weighted by Gasteiger charge is -2.36. The Labute approximate surface area is 106 Å². The topological polar surface area (TPSA) is 70.2 Å². The molecule has 1 aromatic heterocycles. The van der Waals surface area contributed by atoms with E-state index in [-0.39, 0.29) is 17.9 Å². The van der Waals surface area contributed by atoms with E-state index in [1.165, 1.54) is 0 Å². The SMILES string of the molecule is CNc1cc(N2CCCC3C(=O)NCC32)ncn1. The van der Waals surface area contributed by atoms with E-state index in [9.17, 15) is 4.79 Å². The summed E-state index contributed by atoms with van der Waals surface area (Å²) in [5.41, 5.74) is 0. The van der Waals surface area contributed by atoms with Gasteiger partial charge in [-0.1, -0.05) is 0 Å². The van der Waals surface area contributed by atoms with Gasteiger partial charge in [0, 0.05) is 26.2 Å². The Kier molecular flexibility index (Phi) is 2.77. The van der Waals surface area contributed by atoms with Crippen molar-refractivity contribution in [1.29, 1.82) is 0 Å². The fourth-order valence-electron chi connectivity index (χ4n) is 2.88. The number of fused-ring (bicyclic) bond motifs is 1. The molecule has 0 bridgehead atoms. The van der Waals surface area contributed by atoms with Crippen LogP contribution in [0.25, 0.3) is 0 Å². The molecule has 1 aromatic rings. The quantitative estimate of drug-likeness (QED) is 0.783. The summed E-state index contributed by atoms with van der Waals surface area (Å²) in [5, 5.41) is 5.96. The third-order valence-electron chi connectivity index (χ3n) is 3.80. The highest BCUT2D eigenvalue weighted by Gasteiger charge is 2.41. The summed E-state index contributed by atoms with van der Waals surface area (Å²) in [6.45, 7) is 1.68. The van der Waals surface area contributed by atoms with Gasteiger partial charge in [-0.15, -0.1) is 0 Å². The van der Waals surface area contributed by atoms with Crippen molar-refractivity contribution in [2.24, 2.45) is 5.92 Å². The van der Waals surface area contributed by atoms with Gasteiger partial charge in [0.05, 0.1) is 12.0 Å². The second kappa shape index (κ2) is 4.44.